The molecule has 0 aliphatic heterocycles. The summed E-state index contributed by atoms with van der Waals surface area (Å²) in [4.78, 5) is 15.6. The Morgan fingerprint density at radius 3 is 2.67 bits per heavy atom. The van der Waals surface area contributed by atoms with E-state index in [0.717, 1.165) is 5.56 Å². The van der Waals surface area contributed by atoms with E-state index in [1.54, 1.807) is 6.92 Å². The Labute approximate surface area is 93.0 Å². The minimum atomic E-state index is -0.668. The third kappa shape index (κ3) is 3.95. The van der Waals surface area contributed by atoms with Gasteiger partial charge in [0, 0.05) is 6.21 Å². The number of halogens is 1. The highest BCUT2D eigenvalue weighted by atomic mass is 35.5. The van der Waals surface area contributed by atoms with Crippen LogP contribution in [0.5, 0.6) is 0 Å². The van der Waals surface area contributed by atoms with Gasteiger partial charge in [0.15, 0.2) is 0 Å². The number of carbonyl (C=O) groups excluding carboxylic acids is 1. The molecule has 3 nitrogen and oxygen atoms in total. The molecule has 4 heteroatoms. The van der Waals surface area contributed by atoms with Gasteiger partial charge < -0.3 is 4.84 Å². The van der Waals surface area contributed by atoms with Gasteiger partial charge >= 0.3 is 5.97 Å². The van der Waals surface area contributed by atoms with Crippen LogP contribution in [0.1, 0.15) is 12.5 Å². The van der Waals surface area contributed by atoms with E-state index in [1.165, 1.54) is 12.3 Å². The summed E-state index contributed by atoms with van der Waals surface area (Å²) >= 11 is 5.71. The van der Waals surface area contributed by atoms with Crippen LogP contribution >= 0.6 is 11.6 Å². The molecular formula is C11H10ClNO2. The van der Waals surface area contributed by atoms with Gasteiger partial charge in [0.05, 0.1) is 0 Å². The van der Waals surface area contributed by atoms with E-state index in [9.17, 15) is 4.79 Å². The predicted molar refractivity (Wildman–Crippen MR) is 60.5 cm³/mol. The first-order valence-electron chi connectivity index (χ1n) is 4.35. The van der Waals surface area contributed by atoms with E-state index in [4.69, 9.17) is 11.6 Å². The Morgan fingerprint density at radius 1 is 1.40 bits per heavy atom. The predicted octanol–water partition coefficient (Wildman–Crippen LogP) is 2.82. The van der Waals surface area contributed by atoms with Crippen LogP contribution in [0.2, 0.25) is 0 Å². The molecule has 0 bridgehead atoms. The van der Waals surface area contributed by atoms with Gasteiger partial charge in [-0.05, 0) is 18.6 Å². The van der Waals surface area contributed by atoms with Crippen molar-refractivity contribution in [3.8, 4) is 0 Å². The van der Waals surface area contributed by atoms with Crippen molar-refractivity contribution in [1.82, 2.24) is 0 Å². The summed E-state index contributed by atoms with van der Waals surface area (Å²) in [6, 6.07) is 9.25. The molecular weight excluding hydrogens is 214 g/mol. The van der Waals surface area contributed by atoms with E-state index in [0.29, 0.717) is 0 Å². The maximum Gasteiger partial charge on any atom is 0.376 e. The van der Waals surface area contributed by atoms with Crippen LogP contribution in [0.25, 0.3) is 6.08 Å². The van der Waals surface area contributed by atoms with Gasteiger partial charge in [-0.25, -0.2) is 4.79 Å². The monoisotopic (exact) mass is 223 g/mol. The van der Waals surface area contributed by atoms with E-state index < -0.39 is 5.97 Å². The Morgan fingerprint density at radius 2 is 2.07 bits per heavy atom. The molecule has 0 amide bonds. The van der Waals surface area contributed by atoms with Gasteiger partial charge in [0.25, 0.3) is 0 Å². The van der Waals surface area contributed by atoms with Crippen molar-refractivity contribution >= 4 is 29.9 Å². The zero-order chi connectivity index (χ0) is 11.1. The molecule has 1 aromatic rings. The smallest absolute Gasteiger partial charge is 0.312 e. The van der Waals surface area contributed by atoms with Crippen LogP contribution in [0, 0.1) is 0 Å². The van der Waals surface area contributed by atoms with E-state index in [2.05, 4.69) is 9.99 Å². The summed E-state index contributed by atoms with van der Waals surface area (Å²) < 4.78 is 0. The standard InChI is InChI=1S/C11H10ClNO2/c1-2-13-15-11(14)10(12)8-9-6-4-3-5-7-9/h2-8H,1H3/b10-8-,13-2+. The molecule has 0 aliphatic rings. The fraction of sp³-hybridized carbons (Fsp3) is 0.0909. The van der Waals surface area contributed by atoms with Crippen molar-refractivity contribution in [3.05, 3.63) is 40.9 Å². The van der Waals surface area contributed by atoms with Crippen LogP contribution in [0.4, 0.5) is 0 Å². The van der Waals surface area contributed by atoms with Crippen molar-refractivity contribution in [2.45, 2.75) is 6.92 Å². The molecule has 0 aliphatic carbocycles. The van der Waals surface area contributed by atoms with Crippen LogP contribution in [-0.2, 0) is 9.63 Å². The topological polar surface area (TPSA) is 38.7 Å². The van der Waals surface area contributed by atoms with Crippen LogP contribution in [0.15, 0.2) is 40.5 Å². The van der Waals surface area contributed by atoms with Crippen LogP contribution in [-0.4, -0.2) is 12.2 Å². The highest BCUT2D eigenvalue weighted by Crippen LogP contribution is 2.11. The van der Waals surface area contributed by atoms with Crippen molar-refractivity contribution in [3.63, 3.8) is 0 Å². The summed E-state index contributed by atoms with van der Waals surface area (Å²) in [5.74, 6) is -0.668. The number of carbonyl (C=O) groups is 1. The van der Waals surface area contributed by atoms with Gasteiger partial charge in [-0.1, -0.05) is 47.1 Å². The fourth-order valence-electron chi connectivity index (χ4n) is 0.899. The Bertz CT molecular complexity index is 385. The fourth-order valence-corrected chi connectivity index (χ4v) is 1.06. The molecule has 0 radical (unpaired) electrons. The number of nitrogens with zero attached hydrogens (tertiary/aromatic N) is 1. The number of oxime groups is 1. The highest BCUT2D eigenvalue weighted by molar-refractivity contribution is 6.43. The second-order valence-electron chi connectivity index (χ2n) is 2.65. The Hall–Kier alpha value is -1.61. The lowest BCUT2D eigenvalue weighted by atomic mass is 10.2. The average molecular weight is 224 g/mol. The lowest BCUT2D eigenvalue weighted by Gasteiger charge is -1.95. The molecule has 0 unspecified atom stereocenters. The van der Waals surface area contributed by atoms with Crippen LogP contribution in [0.3, 0.4) is 0 Å². The summed E-state index contributed by atoms with van der Waals surface area (Å²) in [6.07, 6.45) is 2.89. The number of hydrogen-bond donors (Lipinski definition) is 0. The van der Waals surface area contributed by atoms with E-state index in [1.807, 2.05) is 30.3 Å². The molecule has 1 rings (SSSR count). The van der Waals surface area contributed by atoms with Crippen molar-refractivity contribution in [1.29, 1.82) is 0 Å². The molecule has 0 atom stereocenters. The maximum absolute atomic E-state index is 11.2. The third-order valence-corrected chi connectivity index (χ3v) is 1.79. The van der Waals surface area contributed by atoms with Crippen LogP contribution < -0.4 is 0 Å². The minimum Gasteiger partial charge on any atom is -0.312 e. The van der Waals surface area contributed by atoms with E-state index >= 15 is 0 Å². The molecule has 0 spiro atoms. The zero-order valence-electron chi connectivity index (χ0n) is 8.18. The Balaban J connectivity index is 2.72. The first-order valence-corrected chi connectivity index (χ1v) is 4.73. The minimum absolute atomic E-state index is 0.00759. The molecule has 78 valence electrons. The lowest BCUT2D eigenvalue weighted by Crippen LogP contribution is -1.99. The van der Waals surface area contributed by atoms with Gasteiger partial charge in [-0.2, -0.15) is 0 Å². The van der Waals surface area contributed by atoms with Crippen molar-refractivity contribution < 1.29 is 9.63 Å². The summed E-state index contributed by atoms with van der Waals surface area (Å²) in [7, 11) is 0. The molecule has 0 heterocycles. The Kier molecular flexibility index (Phi) is 4.57. The second kappa shape index (κ2) is 5.98. The highest BCUT2D eigenvalue weighted by Gasteiger charge is 2.07. The largest absolute Gasteiger partial charge is 0.376 e. The molecule has 15 heavy (non-hydrogen) atoms. The zero-order valence-corrected chi connectivity index (χ0v) is 8.94. The molecule has 0 saturated carbocycles. The van der Waals surface area contributed by atoms with Gasteiger partial charge in [-0.3, -0.25) is 0 Å². The molecule has 1 aromatic carbocycles. The maximum atomic E-state index is 11.2. The van der Waals surface area contributed by atoms with Gasteiger partial charge in [0.1, 0.15) is 5.03 Å². The summed E-state index contributed by atoms with van der Waals surface area (Å²) in [5.41, 5.74) is 0.833. The lowest BCUT2D eigenvalue weighted by molar-refractivity contribution is -0.138. The summed E-state index contributed by atoms with van der Waals surface area (Å²) in [5, 5.41) is 3.33. The number of benzene rings is 1. The third-order valence-electron chi connectivity index (χ3n) is 1.53. The van der Waals surface area contributed by atoms with Crippen molar-refractivity contribution in [2.24, 2.45) is 5.16 Å². The van der Waals surface area contributed by atoms with Crippen molar-refractivity contribution in [2.75, 3.05) is 0 Å². The van der Waals surface area contributed by atoms with Gasteiger partial charge in [-0.15, -0.1) is 0 Å². The average Bonchev–Trinajstić information content (AvgIpc) is 2.27. The second-order valence-corrected chi connectivity index (χ2v) is 3.05. The SMILES string of the molecule is C/C=N/OC(=O)/C(Cl)=C/c1ccccc1. The van der Waals surface area contributed by atoms with E-state index in [-0.39, 0.29) is 5.03 Å². The normalized spacial score (nSPS) is 11.7. The molecule has 0 N–H and O–H groups in total. The van der Waals surface area contributed by atoms with Gasteiger partial charge in [0.2, 0.25) is 0 Å². The first-order chi connectivity index (χ1) is 7.24. The molecule has 0 aromatic heterocycles. The molecule has 0 fully saturated rings. The number of hydrogen-bond acceptors (Lipinski definition) is 3. The molecule has 0 saturated heterocycles. The summed E-state index contributed by atoms with van der Waals surface area (Å²) in [6.45, 7) is 1.64. The quantitative estimate of drug-likeness (QED) is 0.342. The first kappa shape index (κ1) is 11.5. The number of rotatable bonds is 3.